The van der Waals surface area contributed by atoms with E-state index in [2.05, 4.69) is 47.8 Å². The summed E-state index contributed by atoms with van der Waals surface area (Å²) in [7, 11) is 3.25. The highest BCUT2D eigenvalue weighted by molar-refractivity contribution is 6.26. The minimum atomic E-state index is -1.02. The lowest BCUT2D eigenvalue weighted by molar-refractivity contribution is 0.0697. The molecule has 0 saturated heterocycles. The number of carbonyl (C=O) groups is 1. The molecule has 0 bridgehead atoms. The summed E-state index contributed by atoms with van der Waals surface area (Å²) in [6, 6.07) is 25.2. The van der Waals surface area contributed by atoms with Gasteiger partial charge in [0.25, 0.3) is 7.48 Å². The van der Waals surface area contributed by atoms with Crippen molar-refractivity contribution in [3.8, 4) is 22.6 Å². The molecule has 8 heteroatoms. The summed E-state index contributed by atoms with van der Waals surface area (Å²) in [5.74, 6) is -0.431. The van der Waals surface area contributed by atoms with Crippen molar-refractivity contribution >= 4 is 19.1 Å². The second-order valence-electron chi connectivity index (χ2n) is 10.3. The lowest BCUT2D eigenvalue weighted by Gasteiger charge is -2.39. The molecule has 2 aliphatic rings. The fraction of sp³-hybridized carbons (Fsp3) is 0.219. The lowest BCUT2D eigenvalue weighted by atomic mass is 9.73. The third kappa shape index (κ3) is 4.49. The Hall–Kier alpha value is -4.27. The van der Waals surface area contributed by atoms with E-state index in [0.717, 1.165) is 23.2 Å². The number of nitrogens with two attached hydrogens (primary N) is 1. The maximum atomic E-state index is 12.2. The van der Waals surface area contributed by atoms with Gasteiger partial charge in [0.15, 0.2) is 11.5 Å². The zero-order valence-electron chi connectivity index (χ0n) is 22.1. The first-order valence-corrected chi connectivity index (χ1v) is 13.3. The predicted molar refractivity (Wildman–Crippen MR) is 155 cm³/mol. The van der Waals surface area contributed by atoms with Crippen LogP contribution in [0.5, 0.6) is 11.5 Å². The Morgan fingerprint density at radius 2 is 1.80 bits per heavy atom. The summed E-state index contributed by atoms with van der Waals surface area (Å²) in [5.41, 5.74) is 13.8. The molecule has 4 aromatic carbocycles. The van der Waals surface area contributed by atoms with Gasteiger partial charge in [0, 0.05) is 11.6 Å². The Labute approximate surface area is 233 Å². The Morgan fingerprint density at radius 3 is 2.60 bits per heavy atom. The molecule has 1 aliphatic heterocycles. The van der Waals surface area contributed by atoms with Crippen LogP contribution in [0.15, 0.2) is 78.9 Å². The lowest BCUT2D eigenvalue weighted by Crippen LogP contribution is -2.31. The van der Waals surface area contributed by atoms with Crippen molar-refractivity contribution in [2.45, 2.75) is 24.7 Å². The first-order valence-electron chi connectivity index (χ1n) is 13.3. The average molecular weight is 533 g/mol. The highest BCUT2D eigenvalue weighted by Crippen LogP contribution is 2.55. The Morgan fingerprint density at radius 1 is 1.00 bits per heavy atom. The van der Waals surface area contributed by atoms with Crippen LogP contribution in [0, 0.1) is 5.92 Å². The number of phenols is 1. The maximum Gasteiger partial charge on any atom is 0.336 e. The molecule has 3 atom stereocenters. The van der Waals surface area contributed by atoms with E-state index < -0.39 is 5.97 Å². The van der Waals surface area contributed by atoms with Gasteiger partial charge in [-0.25, -0.2) is 4.79 Å². The first-order chi connectivity index (χ1) is 19.5. The van der Waals surface area contributed by atoms with E-state index in [4.69, 9.17) is 15.1 Å². The van der Waals surface area contributed by atoms with E-state index >= 15 is 0 Å². The summed E-state index contributed by atoms with van der Waals surface area (Å²) < 4.78 is 10.8. The molecule has 1 heterocycles. The largest absolute Gasteiger partial charge is 0.504 e. The van der Waals surface area contributed by atoms with Crippen molar-refractivity contribution in [1.29, 1.82) is 0 Å². The van der Waals surface area contributed by atoms with Crippen LogP contribution < -0.4 is 15.8 Å². The van der Waals surface area contributed by atoms with Crippen LogP contribution in [0.4, 0.5) is 5.69 Å². The summed E-state index contributed by atoms with van der Waals surface area (Å²) >= 11 is 0. The van der Waals surface area contributed by atoms with Gasteiger partial charge in [-0.1, -0.05) is 60.2 Å². The molecular formula is C32H30BN2O5. The quantitative estimate of drug-likeness (QED) is 0.138. The molecule has 1 radical (unpaired) electrons. The number of methoxy groups -OCH3 is 1. The summed E-state index contributed by atoms with van der Waals surface area (Å²) in [6.45, 7) is 0.148. The zero-order valence-corrected chi connectivity index (χ0v) is 22.1. The average Bonchev–Trinajstić information content (AvgIpc) is 3.37. The van der Waals surface area contributed by atoms with Gasteiger partial charge in [0.2, 0.25) is 0 Å². The number of fused-ring (bicyclic) bond motifs is 5. The maximum absolute atomic E-state index is 12.2. The smallest absolute Gasteiger partial charge is 0.336 e. The topological polar surface area (TPSA) is 114 Å². The number of hydrogen-bond donors (Lipinski definition) is 4. The first kappa shape index (κ1) is 26.0. The van der Waals surface area contributed by atoms with E-state index in [9.17, 15) is 15.0 Å². The van der Waals surface area contributed by atoms with Crippen molar-refractivity contribution < 1.29 is 24.4 Å². The van der Waals surface area contributed by atoms with Gasteiger partial charge in [0.05, 0.1) is 25.4 Å². The van der Waals surface area contributed by atoms with Crippen molar-refractivity contribution in [3.63, 3.8) is 0 Å². The van der Waals surface area contributed by atoms with Gasteiger partial charge in [-0.3, -0.25) is 0 Å². The number of aromatic hydroxyl groups is 1. The summed E-state index contributed by atoms with van der Waals surface area (Å²) in [5, 5.41) is 24.6. The molecule has 7 nitrogen and oxygen atoms in total. The van der Waals surface area contributed by atoms with Gasteiger partial charge >= 0.3 is 5.97 Å². The number of rotatable bonds is 8. The Bertz CT molecular complexity index is 1590. The molecule has 6 rings (SSSR count). The number of hydrogen-bond acceptors (Lipinski definition) is 6. The molecular weight excluding hydrogens is 503 g/mol. The molecule has 1 aliphatic carbocycles. The Balaban J connectivity index is 1.52. The SMILES string of the molecule is COc1cc(C2Nc3ccc(C[B]OCN)cc3[C@H]3c4ccccc4C[C@@H]23)c(-c2ccccc2C(=O)O)cc1O. The summed E-state index contributed by atoms with van der Waals surface area (Å²) in [6.07, 6.45) is 1.51. The van der Waals surface area contributed by atoms with Crippen LogP contribution in [0.2, 0.25) is 0 Å². The fourth-order valence-electron chi connectivity index (χ4n) is 6.41. The summed E-state index contributed by atoms with van der Waals surface area (Å²) in [4.78, 5) is 12.2. The number of anilines is 1. The molecule has 0 fully saturated rings. The number of aromatic carboxylic acids is 1. The zero-order chi connectivity index (χ0) is 27.8. The van der Waals surface area contributed by atoms with E-state index in [0.29, 0.717) is 23.2 Å². The standard InChI is InChI=1S/C32H30BN2O5/c1-39-29-15-24(23(14-28(29)36)21-8-4-5-9-22(21)32(37)38)31-26-13-19-6-2-3-7-20(19)30(26)25-12-18(16-33-40-17-34)10-11-27(25)35-31/h2-12,14-15,26,30-31,35-36H,13,16-17,34H2,1H3,(H,37,38)/t26-,30-,31?/m1/s1. The minimum Gasteiger partial charge on any atom is -0.504 e. The number of carboxylic acids is 1. The number of nitrogens with one attached hydrogen (secondary N) is 1. The molecule has 0 spiro atoms. The number of phenolic OH excluding ortho intramolecular Hbond substituents is 1. The van der Waals surface area contributed by atoms with Crippen LogP contribution in [-0.2, 0) is 17.4 Å². The van der Waals surface area contributed by atoms with Crippen LogP contribution >= 0.6 is 0 Å². The number of ether oxygens (including phenoxy) is 1. The highest BCUT2D eigenvalue weighted by Gasteiger charge is 2.44. The van der Waals surface area contributed by atoms with E-state index in [1.54, 1.807) is 31.7 Å². The molecule has 201 valence electrons. The molecule has 0 saturated carbocycles. The van der Waals surface area contributed by atoms with Gasteiger partial charge in [-0.05, 0) is 76.3 Å². The molecule has 5 N–H and O–H groups in total. The second-order valence-corrected chi connectivity index (χ2v) is 10.3. The van der Waals surface area contributed by atoms with Crippen LogP contribution in [0.25, 0.3) is 11.1 Å². The molecule has 4 aromatic rings. The molecule has 0 amide bonds. The van der Waals surface area contributed by atoms with Gasteiger partial charge in [-0.2, -0.15) is 0 Å². The van der Waals surface area contributed by atoms with Crippen molar-refractivity contribution in [1.82, 2.24) is 0 Å². The molecule has 1 unspecified atom stereocenters. The third-order valence-corrected chi connectivity index (χ3v) is 8.13. The van der Waals surface area contributed by atoms with Gasteiger partial charge in [0.1, 0.15) is 0 Å². The van der Waals surface area contributed by atoms with E-state index in [-0.39, 0.29) is 35.9 Å². The van der Waals surface area contributed by atoms with Gasteiger partial charge in [-0.15, -0.1) is 0 Å². The predicted octanol–water partition coefficient (Wildman–Crippen LogP) is 5.29. The van der Waals surface area contributed by atoms with Crippen LogP contribution in [-0.4, -0.2) is 37.5 Å². The number of carboxylic acid groups (broad SMARTS) is 1. The second kappa shape index (κ2) is 10.7. The minimum absolute atomic E-state index is 0.0375. The monoisotopic (exact) mass is 533 g/mol. The van der Waals surface area contributed by atoms with Gasteiger partial charge < -0.3 is 30.7 Å². The van der Waals surface area contributed by atoms with Crippen molar-refractivity contribution in [2.24, 2.45) is 11.7 Å². The van der Waals surface area contributed by atoms with Crippen molar-refractivity contribution in [3.05, 3.63) is 112 Å². The van der Waals surface area contributed by atoms with Crippen LogP contribution in [0.1, 0.15) is 50.1 Å². The Kier molecular flexibility index (Phi) is 6.96. The molecule has 0 aromatic heterocycles. The third-order valence-electron chi connectivity index (χ3n) is 8.13. The van der Waals surface area contributed by atoms with E-state index in [1.807, 2.05) is 12.1 Å². The normalized spacial score (nSPS) is 18.7. The van der Waals surface area contributed by atoms with Crippen molar-refractivity contribution in [2.75, 3.05) is 19.2 Å². The highest BCUT2D eigenvalue weighted by atomic mass is 16.5. The fourth-order valence-corrected chi connectivity index (χ4v) is 6.41. The number of benzene rings is 4. The van der Waals surface area contributed by atoms with E-state index in [1.165, 1.54) is 23.8 Å². The molecule has 40 heavy (non-hydrogen) atoms. The van der Waals surface area contributed by atoms with Crippen LogP contribution in [0.3, 0.4) is 0 Å².